The highest BCUT2D eigenvalue weighted by atomic mass is 32.4. The van der Waals surface area contributed by atoms with Crippen LogP contribution in [0.15, 0.2) is 103 Å². The fraction of sp³-hybridized carbons (Fsp3) is 0. The van der Waals surface area contributed by atoms with Gasteiger partial charge in [0.15, 0.2) is 5.57 Å². The molecule has 2 nitrogen and oxygen atoms in total. The van der Waals surface area contributed by atoms with Crippen LogP contribution >= 0.6 is 6.04 Å². The first-order valence-corrected chi connectivity index (χ1v) is 10.9. The predicted octanol–water partition coefficient (Wildman–Crippen LogP) is 3.63. The van der Waals surface area contributed by atoms with Gasteiger partial charge < -0.3 is 0 Å². The number of nitrogens with zero attached hydrogens (tertiary/aromatic N) is 2. The molecule has 0 aliphatic heterocycles. The van der Waals surface area contributed by atoms with Crippen molar-refractivity contribution in [3.63, 3.8) is 0 Å². The molecule has 0 saturated heterocycles. The summed E-state index contributed by atoms with van der Waals surface area (Å²) in [5.74, 6) is 0. The lowest BCUT2D eigenvalue weighted by Gasteiger charge is -2.24. The molecule has 122 valence electrons. The van der Waals surface area contributed by atoms with Crippen molar-refractivity contribution in [1.29, 1.82) is 0 Å². The summed E-state index contributed by atoms with van der Waals surface area (Å²) in [5, 5.41) is 2.30. The molecule has 0 unspecified atom stereocenters. The van der Waals surface area contributed by atoms with Gasteiger partial charge in [-0.25, -0.2) is 4.98 Å². The van der Waals surface area contributed by atoms with Crippen molar-refractivity contribution >= 4 is 34.0 Å². The zero-order chi connectivity index (χ0) is 17.1. The predicted molar refractivity (Wildman–Crippen MR) is 110 cm³/mol. The van der Waals surface area contributed by atoms with Crippen molar-refractivity contribution in [3.8, 4) is 5.69 Å². The maximum atomic E-state index is 6.37. The van der Waals surface area contributed by atoms with Gasteiger partial charge in [-0.05, 0) is 22.7 Å². The zero-order valence-electron chi connectivity index (χ0n) is 13.6. The van der Waals surface area contributed by atoms with E-state index in [0.29, 0.717) is 0 Å². The minimum atomic E-state index is -2.25. The fourth-order valence-electron chi connectivity index (χ4n) is 2.97. The van der Waals surface area contributed by atoms with E-state index in [1.807, 2.05) is 42.7 Å². The summed E-state index contributed by atoms with van der Waals surface area (Å²) in [4.78, 5) is 4.73. The summed E-state index contributed by atoms with van der Waals surface area (Å²) in [5.41, 5.74) is 2.02. The second-order valence-corrected chi connectivity index (χ2v) is 10.0. The molecular formula is C21H17N2PS. The van der Waals surface area contributed by atoms with Crippen LogP contribution in [0.2, 0.25) is 0 Å². The van der Waals surface area contributed by atoms with Crippen LogP contribution in [-0.4, -0.2) is 9.55 Å². The molecule has 4 rings (SSSR count). The molecule has 0 aliphatic rings. The van der Waals surface area contributed by atoms with Gasteiger partial charge >= 0.3 is 0 Å². The van der Waals surface area contributed by atoms with E-state index < -0.39 is 6.04 Å². The van der Waals surface area contributed by atoms with Crippen molar-refractivity contribution < 1.29 is 0 Å². The third-order valence-corrected chi connectivity index (χ3v) is 8.88. The van der Waals surface area contributed by atoms with E-state index in [1.54, 1.807) is 0 Å². The maximum absolute atomic E-state index is 6.37. The van der Waals surface area contributed by atoms with Gasteiger partial charge in [-0.2, -0.15) is 0 Å². The highest BCUT2D eigenvalue weighted by Gasteiger charge is 2.29. The van der Waals surface area contributed by atoms with Gasteiger partial charge in [0.05, 0.1) is 6.04 Å². The van der Waals surface area contributed by atoms with Gasteiger partial charge in [0.1, 0.15) is 0 Å². The van der Waals surface area contributed by atoms with Crippen molar-refractivity contribution in [2.45, 2.75) is 0 Å². The smallest absolute Gasteiger partial charge is 0.154 e. The maximum Gasteiger partial charge on any atom is 0.154 e. The second-order valence-electron chi connectivity index (χ2n) is 5.71. The Balaban J connectivity index is 1.99. The third kappa shape index (κ3) is 2.86. The topological polar surface area (TPSA) is 17.8 Å². The molecule has 0 amide bonds. The van der Waals surface area contributed by atoms with Crippen molar-refractivity contribution in [1.82, 2.24) is 9.55 Å². The van der Waals surface area contributed by atoms with Crippen LogP contribution in [0.5, 0.6) is 0 Å². The minimum absolute atomic E-state index is 0.936. The van der Waals surface area contributed by atoms with E-state index in [2.05, 4.69) is 65.2 Å². The summed E-state index contributed by atoms with van der Waals surface area (Å²) < 4.78 is 2.13. The number of hydrogen-bond acceptors (Lipinski definition) is 2. The number of imidazole rings is 1. The monoisotopic (exact) mass is 360 g/mol. The van der Waals surface area contributed by atoms with E-state index in [0.717, 1.165) is 21.9 Å². The van der Waals surface area contributed by atoms with Gasteiger partial charge in [0.2, 0.25) is 0 Å². The van der Waals surface area contributed by atoms with Crippen LogP contribution in [0.4, 0.5) is 0 Å². The lowest BCUT2D eigenvalue weighted by atomic mass is 10.3. The van der Waals surface area contributed by atoms with Gasteiger partial charge in [-0.1, -0.05) is 90.7 Å². The molecule has 4 heteroatoms. The van der Waals surface area contributed by atoms with E-state index in [-0.39, 0.29) is 0 Å². The SMILES string of the molecule is S=P(c1ccccc1)(c1ccccc1)c1nccn1-c1ccccc1. The average Bonchev–Trinajstić information content (AvgIpc) is 3.20. The zero-order valence-corrected chi connectivity index (χ0v) is 15.3. The van der Waals surface area contributed by atoms with E-state index >= 15 is 0 Å². The van der Waals surface area contributed by atoms with Crippen molar-refractivity contribution in [2.75, 3.05) is 0 Å². The molecule has 1 aromatic heterocycles. The normalized spacial score (nSPS) is 11.4. The molecule has 0 radical (unpaired) electrons. The highest BCUT2D eigenvalue weighted by Crippen LogP contribution is 2.42. The van der Waals surface area contributed by atoms with Crippen LogP contribution in [0.25, 0.3) is 5.69 Å². The number of para-hydroxylation sites is 1. The third-order valence-electron chi connectivity index (χ3n) is 4.18. The van der Waals surface area contributed by atoms with Gasteiger partial charge in [0.25, 0.3) is 0 Å². The Morgan fingerprint density at radius 3 is 1.68 bits per heavy atom. The standard InChI is InChI=1S/C21H17N2PS/c25-24(19-12-6-2-7-13-19,20-14-8-3-9-15-20)21-22-16-17-23(21)18-10-4-1-5-11-18/h1-17H. The van der Waals surface area contributed by atoms with E-state index in [9.17, 15) is 0 Å². The number of rotatable bonds is 4. The van der Waals surface area contributed by atoms with Crippen molar-refractivity contribution in [3.05, 3.63) is 103 Å². The molecule has 0 fully saturated rings. The quantitative estimate of drug-likeness (QED) is 0.517. The van der Waals surface area contributed by atoms with E-state index in [4.69, 9.17) is 16.8 Å². The highest BCUT2D eigenvalue weighted by molar-refractivity contribution is 8.25. The van der Waals surface area contributed by atoms with Crippen LogP contribution in [-0.2, 0) is 11.8 Å². The summed E-state index contributed by atoms with van der Waals surface area (Å²) in [6.45, 7) is 0. The summed E-state index contributed by atoms with van der Waals surface area (Å²) >= 11 is 6.37. The molecule has 0 bridgehead atoms. The minimum Gasteiger partial charge on any atom is -0.299 e. The first-order valence-electron chi connectivity index (χ1n) is 8.11. The second kappa shape index (κ2) is 6.79. The Morgan fingerprint density at radius 2 is 1.16 bits per heavy atom. The Bertz CT molecular complexity index is 968. The first-order chi connectivity index (χ1) is 12.3. The average molecular weight is 360 g/mol. The first kappa shape index (κ1) is 16.0. The Kier molecular flexibility index (Phi) is 4.35. The van der Waals surface area contributed by atoms with Gasteiger partial charge in [0, 0.05) is 18.1 Å². The number of aromatic nitrogens is 2. The molecule has 25 heavy (non-hydrogen) atoms. The Hall–Kier alpha value is -2.48. The molecule has 0 N–H and O–H groups in total. The van der Waals surface area contributed by atoms with Crippen molar-refractivity contribution in [2.24, 2.45) is 0 Å². The van der Waals surface area contributed by atoms with Crippen LogP contribution in [0.3, 0.4) is 0 Å². The number of benzene rings is 3. The molecule has 0 aliphatic carbocycles. The largest absolute Gasteiger partial charge is 0.299 e. The van der Waals surface area contributed by atoms with Gasteiger partial charge in [-0.15, -0.1) is 0 Å². The fourth-order valence-corrected chi connectivity index (χ4v) is 6.77. The molecule has 4 aromatic rings. The van der Waals surface area contributed by atoms with E-state index in [1.165, 1.54) is 0 Å². The Labute approximate surface area is 152 Å². The molecular weight excluding hydrogens is 343 g/mol. The van der Waals surface area contributed by atoms with Crippen LogP contribution in [0, 0.1) is 0 Å². The molecule has 1 heterocycles. The Morgan fingerprint density at radius 1 is 0.680 bits per heavy atom. The lowest BCUT2D eigenvalue weighted by Crippen LogP contribution is -2.30. The summed E-state index contributed by atoms with van der Waals surface area (Å²) in [7, 11) is 0. The number of hydrogen-bond donors (Lipinski definition) is 0. The summed E-state index contributed by atoms with van der Waals surface area (Å²) in [6.07, 6.45) is 3.84. The molecule has 0 saturated carbocycles. The molecule has 0 spiro atoms. The van der Waals surface area contributed by atoms with Crippen LogP contribution < -0.4 is 16.2 Å². The lowest BCUT2D eigenvalue weighted by molar-refractivity contribution is 1.11. The molecule has 3 aromatic carbocycles. The summed E-state index contributed by atoms with van der Waals surface area (Å²) in [6, 6.07) is 28.8. The van der Waals surface area contributed by atoms with Gasteiger partial charge in [-0.3, -0.25) is 4.57 Å². The van der Waals surface area contributed by atoms with Crippen LogP contribution in [0.1, 0.15) is 0 Å². The molecule has 0 atom stereocenters.